The summed E-state index contributed by atoms with van der Waals surface area (Å²) in [7, 11) is 0. The summed E-state index contributed by atoms with van der Waals surface area (Å²) in [6.45, 7) is 1.98. The van der Waals surface area contributed by atoms with Gasteiger partial charge in [-0.15, -0.1) is 0 Å². The van der Waals surface area contributed by atoms with Crippen molar-refractivity contribution in [3.8, 4) is 11.4 Å². The second-order valence-electron chi connectivity index (χ2n) is 4.31. The topological polar surface area (TPSA) is 28.7 Å². The molecule has 0 aliphatic rings. The summed E-state index contributed by atoms with van der Waals surface area (Å²) >= 11 is 9.42. The van der Waals surface area contributed by atoms with Crippen LogP contribution in [0.15, 0.2) is 34.8 Å². The van der Waals surface area contributed by atoms with Crippen molar-refractivity contribution in [2.45, 2.75) is 6.92 Å². The highest BCUT2D eigenvalue weighted by Gasteiger charge is 2.13. The molecule has 0 aliphatic carbocycles. The molecule has 3 aromatic rings. The van der Waals surface area contributed by atoms with Crippen molar-refractivity contribution < 1.29 is 4.39 Å². The second-order valence-corrected chi connectivity index (χ2v) is 5.60. The minimum Gasteiger partial charge on any atom is -0.338 e. The van der Waals surface area contributed by atoms with Gasteiger partial charge in [0.2, 0.25) is 0 Å². The first-order valence-corrected chi connectivity index (χ1v) is 6.83. The summed E-state index contributed by atoms with van der Waals surface area (Å²) in [6.07, 6.45) is 0. The van der Waals surface area contributed by atoms with Gasteiger partial charge in [0.1, 0.15) is 11.6 Å². The Kier molecular flexibility index (Phi) is 3.07. The Morgan fingerprint density at radius 1 is 1.32 bits per heavy atom. The van der Waals surface area contributed by atoms with E-state index in [1.165, 1.54) is 6.07 Å². The zero-order chi connectivity index (χ0) is 13.6. The summed E-state index contributed by atoms with van der Waals surface area (Å²) in [6, 6.07) is 8.61. The van der Waals surface area contributed by atoms with Crippen LogP contribution < -0.4 is 0 Å². The van der Waals surface area contributed by atoms with Gasteiger partial charge in [0.05, 0.1) is 16.1 Å². The average molecular weight is 340 g/mol. The standard InChI is InChI=1S/C14H9BrClFN2/c1-7-5-8(15)6-11-13(7)19-14(18-11)9-3-2-4-10(17)12(9)16/h2-6H,1H3,(H,18,19). The Morgan fingerprint density at radius 2 is 2.11 bits per heavy atom. The zero-order valence-electron chi connectivity index (χ0n) is 9.97. The fourth-order valence-corrected chi connectivity index (χ4v) is 2.85. The number of hydrogen-bond donors (Lipinski definition) is 1. The predicted molar refractivity (Wildman–Crippen MR) is 78.9 cm³/mol. The number of aromatic amines is 1. The van der Waals surface area contributed by atoms with Crippen LogP contribution in [0.5, 0.6) is 0 Å². The molecule has 0 unspecified atom stereocenters. The Hall–Kier alpha value is -1.39. The van der Waals surface area contributed by atoms with Crippen LogP contribution in [0.4, 0.5) is 4.39 Å². The molecule has 0 amide bonds. The Bertz CT molecular complexity index is 782. The lowest BCUT2D eigenvalue weighted by Gasteiger charge is -2.00. The quantitative estimate of drug-likeness (QED) is 0.657. The van der Waals surface area contributed by atoms with Crippen LogP contribution in [0.1, 0.15) is 5.56 Å². The van der Waals surface area contributed by atoms with Crippen molar-refractivity contribution in [3.05, 3.63) is 51.2 Å². The molecule has 3 rings (SSSR count). The summed E-state index contributed by atoms with van der Waals surface area (Å²) < 4.78 is 14.5. The molecular weight excluding hydrogens is 331 g/mol. The van der Waals surface area contributed by atoms with E-state index in [2.05, 4.69) is 25.9 Å². The van der Waals surface area contributed by atoms with Crippen LogP contribution in [0.2, 0.25) is 5.02 Å². The number of rotatable bonds is 1. The number of hydrogen-bond acceptors (Lipinski definition) is 1. The van der Waals surface area contributed by atoms with Crippen LogP contribution in [-0.2, 0) is 0 Å². The van der Waals surface area contributed by atoms with E-state index in [1.807, 2.05) is 19.1 Å². The number of imidazole rings is 1. The molecule has 19 heavy (non-hydrogen) atoms. The number of aromatic nitrogens is 2. The van der Waals surface area contributed by atoms with Crippen LogP contribution in [0.25, 0.3) is 22.4 Å². The lowest BCUT2D eigenvalue weighted by molar-refractivity contribution is 0.628. The summed E-state index contributed by atoms with van der Waals surface area (Å²) in [5.74, 6) is 0.123. The molecule has 2 aromatic carbocycles. The van der Waals surface area contributed by atoms with Gasteiger partial charge in [0, 0.05) is 10.0 Å². The molecule has 0 saturated heterocycles. The molecule has 1 N–H and O–H groups in total. The van der Waals surface area contributed by atoms with Crippen molar-refractivity contribution in [3.63, 3.8) is 0 Å². The van der Waals surface area contributed by atoms with Crippen molar-refractivity contribution in [2.75, 3.05) is 0 Å². The maximum atomic E-state index is 13.5. The van der Waals surface area contributed by atoms with E-state index in [9.17, 15) is 4.39 Å². The van der Waals surface area contributed by atoms with Gasteiger partial charge in [-0.25, -0.2) is 9.37 Å². The third-order valence-corrected chi connectivity index (χ3v) is 3.79. The number of nitrogens with zero attached hydrogens (tertiary/aromatic N) is 1. The Balaban J connectivity index is 2.26. The molecule has 5 heteroatoms. The summed E-state index contributed by atoms with van der Waals surface area (Å²) in [5, 5.41) is 0.0817. The predicted octanol–water partition coefficient (Wildman–Crippen LogP) is 5.09. The van der Waals surface area contributed by atoms with Crippen molar-refractivity contribution in [1.29, 1.82) is 0 Å². The molecular formula is C14H9BrClFN2. The number of aryl methyl sites for hydroxylation is 1. The van der Waals surface area contributed by atoms with E-state index < -0.39 is 5.82 Å². The van der Waals surface area contributed by atoms with Crippen molar-refractivity contribution >= 4 is 38.6 Å². The molecule has 0 saturated carbocycles. The normalized spacial score (nSPS) is 11.2. The van der Waals surface area contributed by atoms with E-state index in [0.29, 0.717) is 11.4 Å². The van der Waals surface area contributed by atoms with Gasteiger partial charge in [-0.1, -0.05) is 33.6 Å². The van der Waals surface area contributed by atoms with E-state index >= 15 is 0 Å². The SMILES string of the molecule is Cc1cc(Br)cc2[nH]c(-c3cccc(F)c3Cl)nc12. The van der Waals surface area contributed by atoms with E-state index in [1.54, 1.807) is 12.1 Å². The van der Waals surface area contributed by atoms with Gasteiger partial charge < -0.3 is 4.98 Å². The van der Waals surface area contributed by atoms with Gasteiger partial charge in [-0.3, -0.25) is 0 Å². The molecule has 0 atom stereocenters. The molecule has 1 heterocycles. The first kappa shape index (κ1) is 12.6. The molecule has 1 aromatic heterocycles. The lowest BCUT2D eigenvalue weighted by Crippen LogP contribution is -1.85. The minimum atomic E-state index is -0.447. The van der Waals surface area contributed by atoms with E-state index in [0.717, 1.165) is 21.1 Å². The summed E-state index contributed by atoms with van der Waals surface area (Å²) in [4.78, 5) is 7.67. The first-order valence-electron chi connectivity index (χ1n) is 5.66. The lowest BCUT2D eigenvalue weighted by atomic mass is 10.2. The molecule has 0 fully saturated rings. The number of fused-ring (bicyclic) bond motifs is 1. The van der Waals surface area contributed by atoms with E-state index in [4.69, 9.17) is 11.6 Å². The van der Waals surface area contributed by atoms with Gasteiger partial charge >= 0.3 is 0 Å². The monoisotopic (exact) mass is 338 g/mol. The number of nitrogens with one attached hydrogen (secondary N) is 1. The van der Waals surface area contributed by atoms with Gasteiger partial charge in [-0.2, -0.15) is 0 Å². The fourth-order valence-electron chi connectivity index (χ4n) is 2.06. The number of H-pyrrole nitrogens is 1. The zero-order valence-corrected chi connectivity index (χ0v) is 12.3. The first-order chi connectivity index (χ1) is 9.06. The minimum absolute atomic E-state index is 0.0817. The Morgan fingerprint density at radius 3 is 2.89 bits per heavy atom. The fraction of sp³-hybridized carbons (Fsp3) is 0.0714. The van der Waals surface area contributed by atoms with Crippen LogP contribution in [-0.4, -0.2) is 9.97 Å². The average Bonchev–Trinajstić information content (AvgIpc) is 2.76. The van der Waals surface area contributed by atoms with Gasteiger partial charge in [-0.05, 0) is 36.8 Å². The maximum absolute atomic E-state index is 13.5. The molecule has 0 spiro atoms. The highest BCUT2D eigenvalue weighted by molar-refractivity contribution is 9.10. The van der Waals surface area contributed by atoms with Crippen molar-refractivity contribution in [1.82, 2.24) is 9.97 Å². The molecule has 2 nitrogen and oxygen atoms in total. The second kappa shape index (κ2) is 4.62. The largest absolute Gasteiger partial charge is 0.338 e. The molecule has 0 bridgehead atoms. The molecule has 0 radical (unpaired) electrons. The van der Waals surface area contributed by atoms with Crippen LogP contribution in [0.3, 0.4) is 0 Å². The summed E-state index contributed by atoms with van der Waals surface area (Å²) in [5.41, 5.74) is 3.36. The molecule has 96 valence electrons. The van der Waals surface area contributed by atoms with Gasteiger partial charge in [0.25, 0.3) is 0 Å². The highest BCUT2D eigenvalue weighted by Crippen LogP contribution is 2.31. The number of halogens is 3. The van der Waals surface area contributed by atoms with Crippen LogP contribution >= 0.6 is 27.5 Å². The highest BCUT2D eigenvalue weighted by atomic mass is 79.9. The van der Waals surface area contributed by atoms with Crippen molar-refractivity contribution in [2.24, 2.45) is 0 Å². The van der Waals surface area contributed by atoms with E-state index in [-0.39, 0.29) is 5.02 Å². The Labute approximate surface area is 122 Å². The number of benzene rings is 2. The third kappa shape index (κ3) is 2.15. The smallest absolute Gasteiger partial charge is 0.142 e. The molecule has 0 aliphatic heterocycles. The third-order valence-electron chi connectivity index (χ3n) is 2.95. The van der Waals surface area contributed by atoms with Gasteiger partial charge in [0.15, 0.2) is 0 Å². The maximum Gasteiger partial charge on any atom is 0.142 e. The van der Waals surface area contributed by atoms with Crippen LogP contribution in [0, 0.1) is 12.7 Å².